The summed E-state index contributed by atoms with van der Waals surface area (Å²) in [6.45, 7) is 4.09. The van der Waals surface area contributed by atoms with Crippen LogP contribution >= 0.6 is 0 Å². The zero-order chi connectivity index (χ0) is 19.0. The molecule has 2 aromatic rings. The maximum atomic E-state index is 12.4. The smallest absolute Gasteiger partial charge is 0.299 e. The van der Waals surface area contributed by atoms with Gasteiger partial charge in [0.15, 0.2) is 11.5 Å². The molecule has 27 heavy (non-hydrogen) atoms. The topological polar surface area (TPSA) is 97.7 Å². The van der Waals surface area contributed by atoms with Crippen LogP contribution in [0.4, 0.5) is 0 Å². The minimum atomic E-state index is -0.534. The molecule has 0 saturated heterocycles. The fraction of sp³-hybridized carbons (Fsp3) is 0.200. The van der Waals surface area contributed by atoms with Gasteiger partial charge < -0.3 is 14.3 Å². The summed E-state index contributed by atoms with van der Waals surface area (Å²) in [5.74, 6) is 0.371. The van der Waals surface area contributed by atoms with Gasteiger partial charge in [0.1, 0.15) is 0 Å². The molecule has 0 fully saturated rings. The van der Waals surface area contributed by atoms with Gasteiger partial charge in [-0.3, -0.25) is 9.59 Å². The number of nitrogens with one attached hydrogen (secondary N) is 1. The number of furan rings is 1. The van der Waals surface area contributed by atoms with Crippen LogP contribution in [0.15, 0.2) is 74.0 Å². The van der Waals surface area contributed by atoms with Crippen LogP contribution in [-0.4, -0.2) is 22.7 Å². The summed E-state index contributed by atoms with van der Waals surface area (Å²) in [7, 11) is 0. The number of allylic oxidation sites excluding steroid dienone is 3. The van der Waals surface area contributed by atoms with Gasteiger partial charge in [0.25, 0.3) is 5.91 Å². The second-order valence-electron chi connectivity index (χ2n) is 6.62. The zero-order valence-electron chi connectivity index (χ0n) is 14.8. The highest BCUT2D eigenvalue weighted by molar-refractivity contribution is 6.13. The molecule has 3 heterocycles. The molecule has 1 N–H and O–H groups in total. The van der Waals surface area contributed by atoms with Crippen molar-refractivity contribution < 1.29 is 18.5 Å². The van der Waals surface area contributed by atoms with E-state index in [9.17, 15) is 9.59 Å². The SMILES string of the molecule is CC(C)C1=CC(=O)NC2=CC(=NC(=O)c3cc(-c4ccco4)on3)C=CC21. The molecule has 0 saturated carbocycles. The molecule has 7 heteroatoms. The van der Waals surface area contributed by atoms with E-state index < -0.39 is 5.91 Å². The van der Waals surface area contributed by atoms with Crippen LogP contribution in [0.25, 0.3) is 11.5 Å². The van der Waals surface area contributed by atoms with E-state index >= 15 is 0 Å². The molecule has 0 bridgehead atoms. The Hall–Kier alpha value is -3.48. The van der Waals surface area contributed by atoms with Crippen LogP contribution in [0.3, 0.4) is 0 Å². The molecule has 2 aliphatic rings. The Morgan fingerprint density at radius 1 is 1.30 bits per heavy atom. The maximum absolute atomic E-state index is 12.4. The Kier molecular flexibility index (Phi) is 4.19. The molecule has 1 aliphatic carbocycles. The van der Waals surface area contributed by atoms with Gasteiger partial charge in [0.2, 0.25) is 11.7 Å². The van der Waals surface area contributed by atoms with E-state index in [4.69, 9.17) is 8.94 Å². The van der Waals surface area contributed by atoms with Gasteiger partial charge in [-0.1, -0.05) is 25.1 Å². The summed E-state index contributed by atoms with van der Waals surface area (Å²) < 4.78 is 10.3. The molecule has 7 nitrogen and oxygen atoms in total. The predicted octanol–water partition coefficient (Wildman–Crippen LogP) is 3.30. The van der Waals surface area contributed by atoms with Gasteiger partial charge >= 0.3 is 0 Å². The van der Waals surface area contributed by atoms with Crippen molar-refractivity contribution in [3.8, 4) is 11.5 Å². The van der Waals surface area contributed by atoms with E-state index in [1.54, 1.807) is 30.4 Å². The number of amides is 2. The van der Waals surface area contributed by atoms with Gasteiger partial charge in [-0.2, -0.15) is 0 Å². The molecule has 2 aromatic heterocycles. The van der Waals surface area contributed by atoms with Crippen LogP contribution in [0.5, 0.6) is 0 Å². The average Bonchev–Trinajstić information content (AvgIpc) is 3.32. The van der Waals surface area contributed by atoms with Gasteiger partial charge in [0, 0.05) is 23.8 Å². The lowest BCUT2D eigenvalue weighted by Crippen LogP contribution is -2.34. The molecule has 2 amide bonds. The second kappa shape index (κ2) is 6.68. The molecule has 1 aliphatic heterocycles. The largest absolute Gasteiger partial charge is 0.461 e. The van der Waals surface area contributed by atoms with Crippen LogP contribution in [0.1, 0.15) is 24.3 Å². The van der Waals surface area contributed by atoms with Crippen molar-refractivity contribution in [2.45, 2.75) is 13.8 Å². The van der Waals surface area contributed by atoms with E-state index in [1.807, 2.05) is 19.9 Å². The Morgan fingerprint density at radius 3 is 2.89 bits per heavy atom. The molecule has 4 rings (SSSR count). The number of hydrogen-bond donors (Lipinski definition) is 1. The highest BCUT2D eigenvalue weighted by Gasteiger charge is 2.28. The average molecular weight is 363 g/mol. The Bertz CT molecular complexity index is 1020. The summed E-state index contributed by atoms with van der Waals surface area (Å²) in [6, 6.07) is 4.91. The molecule has 1 atom stereocenters. The van der Waals surface area contributed by atoms with Gasteiger partial charge in [-0.15, -0.1) is 0 Å². The van der Waals surface area contributed by atoms with Gasteiger partial charge in [0.05, 0.1) is 12.0 Å². The maximum Gasteiger partial charge on any atom is 0.299 e. The summed E-state index contributed by atoms with van der Waals surface area (Å²) >= 11 is 0. The Morgan fingerprint density at radius 2 is 2.15 bits per heavy atom. The summed E-state index contributed by atoms with van der Waals surface area (Å²) in [5, 5.41) is 6.58. The van der Waals surface area contributed by atoms with Crippen LogP contribution in [-0.2, 0) is 4.79 Å². The number of fused-ring (bicyclic) bond motifs is 1. The molecular weight excluding hydrogens is 346 g/mol. The first-order chi connectivity index (χ1) is 13.0. The van der Waals surface area contributed by atoms with E-state index in [0.29, 0.717) is 17.2 Å². The molecule has 0 radical (unpaired) electrons. The first kappa shape index (κ1) is 17.0. The van der Waals surface area contributed by atoms with Gasteiger partial charge in [-0.05, 0) is 35.8 Å². The number of nitrogens with zero attached hydrogens (tertiary/aromatic N) is 2. The standard InChI is InChI=1S/C20H17N3O4/c1-11(2)14-9-19(24)22-15-8-12(5-6-13(14)15)21-20(25)16-10-18(27-23-16)17-4-3-7-26-17/h3-11,13H,1-2H3,(H,22,24). The predicted molar refractivity (Wildman–Crippen MR) is 97.7 cm³/mol. The Labute approximate surface area is 155 Å². The minimum Gasteiger partial charge on any atom is -0.461 e. The van der Waals surface area contributed by atoms with Crippen molar-refractivity contribution in [1.82, 2.24) is 10.5 Å². The van der Waals surface area contributed by atoms with Crippen molar-refractivity contribution in [3.63, 3.8) is 0 Å². The molecule has 136 valence electrons. The summed E-state index contributed by atoms with van der Waals surface area (Å²) in [6.07, 6.45) is 8.56. The van der Waals surface area contributed by atoms with Crippen molar-refractivity contribution in [2.24, 2.45) is 16.8 Å². The van der Waals surface area contributed by atoms with Crippen molar-refractivity contribution in [3.05, 3.63) is 65.7 Å². The lowest BCUT2D eigenvalue weighted by Gasteiger charge is -2.29. The molecule has 1 unspecified atom stereocenters. The number of aliphatic imine (C=N–C) groups is 1. The second-order valence-corrected chi connectivity index (χ2v) is 6.62. The monoisotopic (exact) mass is 363 g/mol. The van der Waals surface area contributed by atoms with Crippen molar-refractivity contribution in [2.75, 3.05) is 0 Å². The van der Waals surface area contributed by atoms with E-state index in [-0.39, 0.29) is 23.4 Å². The summed E-state index contributed by atoms with van der Waals surface area (Å²) in [4.78, 5) is 28.4. The fourth-order valence-electron chi connectivity index (χ4n) is 3.10. The first-order valence-electron chi connectivity index (χ1n) is 8.57. The third-order valence-electron chi connectivity index (χ3n) is 4.41. The lowest BCUT2D eigenvalue weighted by molar-refractivity contribution is -0.116. The Balaban J connectivity index is 1.57. The van der Waals surface area contributed by atoms with Crippen LogP contribution in [0, 0.1) is 11.8 Å². The number of hydrogen-bond acceptors (Lipinski definition) is 5. The lowest BCUT2D eigenvalue weighted by atomic mass is 9.82. The number of carbonyl (C=O) groups excluding carboxylic acids is 2. The van der Waals surface area contributed by atoms with Crippen molar-refractivity contribution in [1.29, 1.82) is 0 Å². The first-order valence-corrected chi connectivity index (χ1v) is 8.57. The van der Waals surface area contributed by atoms with E-state index in [0.717, 1.165) is 11.3 Å². The third-order valence-corrected chi connectivity index (χ3v) is 4.41. The zero-order valence-corrected chi connectivity index (χ0v) is 14.8. The quantitative estimate of drug-likeness (QED) is 0.902. The highest BCUT2D eigenvalue weighted by atomic mass is 16.5. The van der Waals surface area contributed by atoms with Gasteiger partial charge in [-0.25, -0.2) is 4.99 Å². The molecular formula is C20H17N3O4. The normalized spacial score (nSPS) is 20.3. The van der Waals surface area contributed by atoms with E-state index in [1.165, 1.54) is 12.3 Å². The fourth-order valence-corrected chi connectivity index (χ4v) is 3.10. The number of rotatable bonds is 3. The van der Waals surface area contributed by atoms with Crippen molar-refractivity contribution >= 4 is 17.5 Å². The third kappa shape index (κ3) is 3.31. The summed E-state index contributed by atoms with van der Waals surface area (Å²) in [5.41, 5.74) is 2.28. The van der Waals surface area contributed by atoms with Crippen LogP contribution in [0.2, 0.25) is 0 Å². The number of carbonyl (C=O) groups is 2. The highest BCUT2D eigenvalue weighted by Crippen LogP contribution is 2.31. The number of aromatic nitrogens is 1. The molecule has 0 aromatic carbocycles. The molecule has 0 spiro atoms. The van der Waals surface area contributed by atoms with Crippen LogP contribution < -0.4 is 5.32 Å². The van der Waals surface area contributed by atoms with E-state index in [2.05, 4.69) is 15.5 Å². The minimum absolute atomic E-state index is 0.00522.